The van der Waals surface area contributed by atoms with Crippen molar-refractivity contribution >= 4 is 92.3 Å². The fourth-order valence-corrected chi connectivity index (χ4v) is 10.3. The van der Waals surface area contributed by atoms with E-state index in [1.807, 2.05) is 23.5 Å². The molecule has 0 aliphatic carbocycles. The van der Waals surface area contributed by atoms with Crippen LogP contribution in [0.4, 0.5) is 17.1 Å². The maximum absolute atomic E-state index is 6.51. The van der Waals surface area contributed by atoms with Crippen LogP contribution in [0.3, 0.4) is 0 Å². The van der Waals surface area contributed by atoms with Gasteiger partial charge >= 0.3 is 0 Å². The van der Waals surface area contributed by atoms with E-state index in [1.165, 1.54) is 53.1 Å². The molecule has 0 aliphatic rings. The van der Waals surface area contributed by atoms with E-state index in [9.17, 15) is 0 Å². The standard InChI is InChI=1S/C54H34N2OS/c1-2-15-37(16-3-1)55(39-17-12-14-36(34-39)40-22-13-23-45-44-20-6-10-26-50(44)57-53(40)45)49-33-32-41(54-52(49)46-21-7-11-27-51(46)58-54)35-28-30-38(31-29-35)56-47-24-8-4-18-42(47)43-19-5-9-25-48(43)56/h1-34H. The van der Waals surface area contributed by atoms with Crippen LogP contribution in [0.2, 0.25) is 0 Å². The van der Waals surface area contributed by atoms with Crippen LogP contribution in [-0.2, 0) is 0 Å². The minimum absolute atomic E-state index is 0.903. The van der Waals surface area contributed by atoms with E-state index in [0.29, 0.717) is 0 Å². The number of nitrogens with zero attached hydrogens (tertiary/aromatic N) is 2. The first-order valence-electron chi connectivity index (χ1n) is 19.7. The van der Waals surface area contributed by atoms with Crippen molar-refractivity contribution in [2.24, 2.45) is 0 Å². The molecule has 9 aromatic carbocycles. The Balaban J connectivity index is 1.03. The first-order valence-corrected chi connectivity index (χ1v) is 20.5. The molecule has 3 aromatic heterocycles. The van der Waals surface area contributed by atoms with Gasteiger partial charge in [0.1, 0.15) is 11.2 Å². The fraction of sp³-hybridized carbons (Fsp3) is 0. The summed E-state index contributed by atoms with van der Waals surface area (Å²) in [4.78, 5) is 2.42. The van der Waals surface area contributed by atoms with Gasteiger partial charge in [-0.2, -0.15) is 0 Å². The number of para-hydroxylation sites is 5. The second kappa shape index (κ2) is 13.1. The van der Waals surface area contributed by atoms with Gasteiger partial charge < -0.3 is 13.9 Å². The van der Waals surface area contributed by atoms with Crippen molar-refractivity contribution in [1.82, 2.24) is 4.57 Å². The Hall–Kier alpha value is -7.40. The van der Waals surface area contributed by atoms with E-state index in [-0.39, 0.29) is 0 Å². The van der Waals surface area contributed by atoms with E-state index in [4.69, 9.17) is 4.42 Å². The Labute approximate surface area is 338 Å². The van der Waals surface area contributed by atoms with Gasteiger partial charge in [0.2, 0.25) is 0 Å². The number of rotatable bonds is 6. The number of hydrogen-bond acceptors (Lipinski definition) is 3. The van der Waals surface area contributed by atoms with Crippen LogP contribution in [0.1, 0.15) is 0 Å². The first-order chi connectivity index (χ1) is 28.8. The van der Waals surface area contributed by atoms with Gasteiger partial charge in [-0.05, 0) is 83.4 Å². The summed E-state index contributed by atoms with van der Waals surface area (Å²) in [6.45, 7) is 0. The van der Waals surface area contributed by atoms with Gasteiger partial charge in [-0.25, -0.2) is 0 Å². The first kappa shape index (κ1) is 32.8. The normalized spacial score (nSPS) is 11.8. The summed E-state index contributed by atoms with van der Waals surface area (Å²) >= 11 is 1.87. The summed E-state index contributed by atoms with van der Waals surface area (Å²) in [5, 5.41) is 7.30. The largest absolute Gasteiger partial charge is 0.455 e. The molecule has 0 fully saturated rings. The monoisotopic (exact) mass is 758 g/mol. The van der Waals surface area contributed by atoms with Gasteiger partial charge in [0.05, 0.1) is 16.7 Å². The highest BCUT2D eigenvalue weighted by Crippen LogP contribution is 2.49. The molecule has 0 unspecified atom stereocenters. The highest BCUT2D eigenvalue weighted by atomic mass is 32.1. The third-order valence-corrected chi connectivity index (χ3v) is 12.8. The molecule has 0 aliphatic heterocycles. The molecule has 12 aromatic rings. The maximum Gasteiger partial charge on any atom is 0.143 e. The molecule has 12 rings (SSSR count). The van der Waals surface area contributed by atoms with Crippen molar-refractivity contribution in [3.8, 4) is 27.9 Å². The molecule has 0 atom stereocenters. The zero-order valence-corrected chi connectivity index (χ0v) is 32.2. The zero-order chi connectivity index (χ0) is 38.2. The number of furan rings is 1. The second-order valence-electron chi connectivity index (χ2n) is 14.9. The van der Waals surface area contributed by atoms with Gasteiger partial charge in [-0.3, -0.25) is 0 Å². The predicted molar refractivity (Wildman–Crippen MR) is 247 cm³/mol. The molecule has 0 saturated carbocycles. The molecule has 0 amide bonds. The summed E-state index contributed by atoms with van der Waals surface area (Å²) in [5.74, 6) is 0. The van der Waals surface area contributed by atoms with Crippen LogP contribution in [0.25, 0.3) is 91.9 Å². The van der Waals surface area contributed by atoms with Crippen LogP contribution in [0.5, 0.6) is 0 Å². The van der Waals surface area contributed by atoms with E-state index >= 15 is 0 Å². The highest BCUT2D eigenvalue weighted by Gasteiger charge is 2.22. The lowest BCUT2D eigenvalue weighted by atomic mass is 9.99. The molecule has 0 spiro atoms. The van der Waals surface area contributed by atoms with Crippen LogP contribution < -0.4 is 4.90 Å². The Kier molecular flexibility index (Phi) is 7.40. The van der Waals surface area contributed by atoms with Gasteiger partial charge in [0.25, 0.3) is 0 Å². The van der Waals surface area contributed by atoms with Crippen molar-refractivity contribution < 1.29 is 4.42 Å². The van der Waals surface area contributed by atoms with Crippen LogP contribution in [0.15, 0.2) is 211 Å². The summed E-state index contributed by atoms with van der Waals surface area (Å²) in [5.41, 5.74) is 13.3. The Morgan fingerprint density at radius 2 is 1.07 bits per heavy atom. The topological polar surface area (TPSA) is 21.3 Å². The predicted octanol–water partition coefficient (Wildman–Crippen LogP) is 15.9. The van der Waals surface area contributed by atoms with E-state index in [1.54, 1.807) is 0 Å². The van der Waals surface area contributed by atoms with Crippen molar-refractivity contribution in [3.63, 3.8) is 0 Å². The zero-order valence-electron chi connectivity index (χ0n) is 31.3. The summed E-state index contributed by atoms with van der Waals surface area (Å²) in [6.07, 6.45) is 0. The molecule has 0 N–H and O–H groups in total. The third-order valence-electron chi connectivity index (χ3n) is 11.6. The smallest absolute Gasteiger partial charge is 0.143 e. The molecule has 58 heavy (non-hydrogen) atoms. The van der Waals surface area contributed by atoms with E-state index in [2.05, 4.69) is 204 Å². The Morgan fingerprint density at radius 1 is 0.431 bits per heavy atom. The minimum atomic E-state index is 0.903. The highest BCUT2D eigenvalue weighted by molar-refractivity contribution is 7.26. The molecule has 3 heterocycles. The summed E-state index contributed by atoms with van der Waals surface area (Å²) in [6, 6.07) is 74.3. The Bertz CT molecular complexity index is 3460. The number of benzene rings is 9. The average molecular weight is 759 g/mol. The number of thiophene rings is 1. The maximum atomic E-state index is 6.51. The van der Waals surface area contributed by atoms with Gasteiger partial charge in [0, 0.05) is 64.3 Å². The van der Waals surface area contributed by atoms with Crippen molar-refractivity contribution in [2.45, 2.75) is 0 Å². The summed E-state index contributed by atoms with van der Waals surface area (Å²) < 4.78 is 11.4. The van der Waals surface area contributed by atoms with Crippen LogP contribution >= 0.6 is 11.3 Å². The van der Waals surface area contributed by atoms with Crippen LogP contribution in [0, 0.1) is 0 Å². The van der Waals surface area contributed by atoms with E-state index in [0.717, 1.165) is 55.8 Å². The second-order valence-corrected chi connectivity index (χ2v) is 15.9. The van der Waals surface area contributed by atoms with Gasteiger partial charge in [-0.1, -0.05) is 140 Å². The minimum Gasteiger partial charge on any atom is -0.455 e. The molecule has 272 valence electrons. The van der Waals surface area contributed by atoms with E-state index < -0.39 is 0 Å². The molecule has 3 nitrogen and oxygen atoms in total. The van der Waals surface area contributed by atoms with Crippen molar-refractivity contribution in [3.05, 3.63) is 206 Å². The quantitative estimate of drug-likeness (QED) is 0.168. The number of hydrogen-bond donors (Lipinski definition) is 0. The summed E-state index contributed by atoms with van der Waals surface area (Å²) in [7, 11) is 0. The lowest BCUT2D eigenvalue weighted by molar-refractivity contribution is 0.670. The SMILES string of the molecule is c1ccc(N(c2cccc(-c3cccc4c3oc3ccccc34)c2)c2ccc(-c3ccc(-n4c5ccccc5c5ccccc54)cc3)c3sc4ccccc4c23)cc1. The molecule has 4 heteroatoms. The van der Waals surface area contributed by atoms with Gasteiger partial charge in [0.15, 0.2) is 0 Å². The molecule has 0 bridgehead atoms. The number of anilines is 3. The van der Waals surface area contributed by atoms with Crippen molar-refractivity contribution in [1.29, 1.82) is 0 Å². The average Bonchev–Trinajstić information content (AvgIpc) is 3.98. The van der Waals surface area contributed by atoms with Crippen molar-refractivity contribution in [2.75, 3.05) is 4.90 Å². The molecule has 0 saturated heterocycles. The lowest BCUT2D eigenvalue weighted by Gasteiger charge is -2.27. The number of aromatic nitrogens is 1. The fourth-order valence-electron chi connectivity index (χ4n) is 9.01. The molecular formula is C54H34N2OS. The molecular weight excluding hydrogens is 725 g/mol. The third kappa shape index (κ3) is 5.05. The number of fused-ring (bicyclic) bond motifs is 9. The lowest BCUT2D eigenvalue weighted by Crippen LogP contribution is -2.10. The van der Waals surface area contributed by atoms with Gasteiger partial charge in [-0.15, -0.1) is 11.3 Å². The molecule has 0 radical (unpaired) electrons. The Morgan fingerprint density at radius 3 is 1.86 bits per heavy atom. The van der Waals surface area contributed by atoms with Crippen LogP contribution in [-0.4, -0.2) is 4.57 Å².